The van der Waals surface area contributed by atoms with Gasteiger partial charge in [-0.2, -0.15) is 5.26 Å². The molecule has 2 saturated carbocycles. The van der Waals surface area contributed by atoms with Crippen LogP contribution in [0.2, 0.25) is 0 Å². The average molecular weight is 249 g/mol. The first-order valence-electron chi connectivity index (χ1n) is 7.41. The first-order valence-corrected chi connectivity index (χ1v) is 7.41. The van der Waals surface area contributed by atoms with Gasteiger partial charge in [0, 0.05) is 13.2 Å². The van der Waals surface area contributed by atoms with Gasteiger partial charge in [0.05, 0.1) is 17.1 Å². The normalized spacial score (nSPS) is 40.1. The third-order valence-electron chi connectivity index (χ3n) is 5.50. The third-order valence-corrected chi connectivity index (χ3v) is 5.50. The minimum Gasteiger partial charge on any atom is -0.388 e. The Balaban J connectivity index is 1.80. The van der Waals surface area contributed by atoms with Crippen LogP contribution in [-0.2, 0) is 4.74 Å². The lowest BCUT2D eigenvalue weighted by Crippen LogP contribution is -2.53. The van der Waals surface area contributed by atoms with Crippen LogP contribution >= 0.6 is 0 Å². The Morgan fingerprint density at radius 1 is 1.06 bits per heavy atom. The second kappa shape index (κ2) is 4.51. The fourth-order valence-corrected chi connectivity index (χ4v) is 4.10. The number of hydrogen-bond acceptors (Lipinski definition) is 3. The molecule has 18 heavy (non-hydrogen) atoms. The highest BCUT2D eigenvalue weighted by Gasteiger charge is 2.54. The number of rotatable bonds is 2. The molecule has 0 radical (unpaired) electrons. The molecule has 1 N–H and O–H groups in total. The largest absolute Gasteiger partial charge is 0.388 e. The lowest BCUT2D eigenvalue weighted by atomic mass is 9.59. The van der Waals surface area contributed by atoms with Crippen molar-refractivity contribution in [3.63, 3.8) is 0 Å². The summed E-state index contributed by atoms with van der Waals surface area (Å²) in [7, 11) is 0. The van der Waals surface area contributed by atoms with Crippen LogP contribution in [0.4, 0.5) is 0 Å². The summed E-state index contributed by atoms with van der Waals surface area (Å²) in [6.45, 7) is 1.26. The van der Waals surface area contributed by atoms with Crippen LogP contribution in [0.15, 0.2) is 0 Å². The van der Waals surface area contributed by atoms with E-state index in [0.29, 0.717) is 32.0 Å². The maximum Gasteiger partial charge on any atom is 0.0903 e. The summed E-state index contributed by atoms with van der Waals surface area (Å²) < 4.78 is 5.39. The summed E-state index contributed by atoms with van der Waals surface area (Å²) in [6, 6.07) is 2.48. The van der Waals surface area contributed by atoms with Crippen molar-refractivity contribution < 1.29 is 9.84 Å². The highest BCUT2D eigenvalue weighted by Crippen LogP contribution is 2.53. The Bertz CT molecular complexity index is 352. The van der Waals surface area contributed by atoms with Crippen molar-refractivity contribution in [2.45, 2.75) is 57.0 Å². The van der Waals surface area contributed by atoms with Gasteiger partial charge in [0.2, 0.25) is 0 Å². The van der Waals surface area contributed by atoms with Gasteiger partial charge in [0.1, 0.15) is 0 Å². The van der Waals surface area contributed by atoms with Gasteiger partial charge in [-0.05, 0) is 56.8 Å². The molecule has 1 heterocycles. The second-order valence-electron chi connectivity index (χ2n) is 6.53. The Morgan fingerprint density at radius 3 is 2.39 bits per heavy atom. The zero-order chi connectivity index (χ0) is 12.6. The lowest BCUT2D eigenvalue weighted by molar-refractivity contribution is -0.134. The highest BCUT2D eigenvalue weighted by molar-refractivity contribution is 5.14. The Hall–Kier alpha value is -0.590. The zero-order valence-corrected chi connectivity index (χ0v) is 11.0. The third kappa shape index (κ3) is 1.96. The van der Waals surface area contributed by atoms with E-state index in [0.717, 1.165) is 25.2 Å². The number of hydrogen-bond donors (Lipinski definition) is 1. The molecule has 3 nitrogen and oxygen atoms in total. The lowest BCUT2D eigenvalue weighted by Gasteiger charge is -2.49. The monoisotopic (exact) mass is 249 g/mol. The Kier molecular flexibility index (Phi) is 3.11. The molecule has 3 fully saturated rings. The molecule has 2 aliphatic carbocycles. The molecule has 0 spiro atoms. The first-order chi connectivity index (χ1) is 8.69. The van der Waals surface area contributed by atoms with Gasteiger partial charge < -0.3 is 9.84 Å². The summed E-state index contributed by atoms with van der Waals surface area (Å²) in [5.41, 5.74) is -1.30. The molecule has 3 rings (SSSR count). The van der Waals surface area contributed by atoms with Crippen LogP contribution in [0.5, 0.6) is 0 Å². The van der Waals surface area contributed by atoms with E-state index in [4.69, 9.17) is 4.74 Å². The van der Waals surface area contributed by atoms with E-state index in [1.807, 2.05) is 0 Å². The molecule has 100 valence electrons. The van der Waals surface area contributed by atoms with Gasteiger partial charge >= 0.3 is 0 Å². The van der Waals surface area contributed by atoms with E-state index >= 15 is 0 Å². The van der Waals surface area contributed by atoms with Crippen molar-refractivity contribution in [2.75, 3.05) is 13.2 Å². The van der Waals surface area contributed by atoms with E-state index in [1.54, 1.807) is 0 Å². The molecule has 3 aliphatic rings. The van der Waals surface area contributed by atoms with Crippen LogP contribution in [0.25, 0.3) is 0 Å². The molecular formula is C15H23NO2. The number of aliphatic hydroxyl groups is 1. The van der Waals surface area contributed by atoms with E-state index in [-0.39, 0.29) is 0 Å². The summed E-state index contributed by atoms with van der Waals surface area (Å²) in [6.07, 6.45) is 8.09. The van der Waals surface area contributed by atoms with Crippen molar-refractivity contribution in [2.24, 2.45) is 17.3 Å². The average Bonchev–Trinajstić information content (AvgIpc) is 3.24. The van der Waals surface area contributed by atoms with Gasteiger partial charge in [-0.15, -0.1) is 0 Å². The van der Waals surface area contributed by atoms with E-state index < -0.39 is 11.0 Å². The number of nitriles is 1. The van der Waals surface area contributed by atoms with Crippen LogP contribution in [0, 0.1) is 28.6 Å². The standard InChI is InChI=1S/C15H23NO2/c16-11-14(6-8-18-9-7-14)15(17)5-1-2-13(10-15)12-3-4-12/h12-13,17H,1-10H2. The highest BCUT2D eigenvalue weighted by atomic mass is 16.5. The second-order valence-corrected chi connectivity index (χ2v) is 6.53. The minimum atomic E-state index is -0.753. The zero-order valence-electron chi connectivity index (χ0n) is 11.0. The molecule has 2 atom stereocenters. The molecule has 0 aromatic rings. The van der Waals surface area contributed by atoms with Crippen molar-refractivity contribution in [3.8, 4) is 6.07 Å². The summed E-state index contributed by atoms with van der Waals surface area (Å²) in [5.74, 6) is 1.50. The molecule has 0 amide bonds. The van der Waals surface area contributed by atoms with E-state index in [1.165, 1.54) is 19.3 Å². The molecule has 2 unspecified atom stereocenters. The Labute approximate surface area is 109 Å². The predicted octanol–water partition coefficient (Wildman–Crippen LogP) is 2.64. The fourth-order valence-electron chi connectivity index (χ4n) is 4.10. The predicted molar refractivity (Wildman–Crippen MR) is 67.7 cm³/mol. The van der Waals surface area contributed by atoms with E-state index in [2.05, 4.69) is 6.07 Å². The van der Waals surface area contributed by atoms with Crippen molar-refractivity contribution in [3.05, 3.63) is 0 Å². The topological polar surface area (TPSA) is 53.2 Å². The van der Waals surface area contributed by atoms with Gasteiger partial charge in [0.15, 0.2) is 0 Å². The molecule has 3 heteroatoms. The van der Waals surface area contributed by atoms with Gasteiger partial charge in [0.25, 0.3) is 0 Å². The fraction of sp³-hybridized carbons (Fsp3) is 0.933. The smallest absolute Gasteiger partial charge is 0.0903 e. The quantitative estimate of drug-likeness (QED) is 0.818. The molecule has 0 aromatic carbocycles. The molecule has 1 saturated heterocycles. The number of nitrogens with zero attached hydrogens (tertiary/aromatic N) is 1. The molecular weight excluding hydrogens is 226 g/mol. The van der Waals surface area contributed by atoms with Crippen molar-refractivity contribution in [1.82, 2.24) is 0 Å². The summed E-state index contributed by atoms with van der Waals surface area (Å²) in [4.78, 5) is 0. The number of ether oxygens (including phenoxy) is 1. The summed E-state index contributed by atoms with van der Waals surface area (Å²) >= 11 is 0. The SMILES string of the molecule is N#CC1(C2(O)CCCC(C3CC3)C2)CCOCC1. The summed E-state index contributed by atoms with van der Waals surface area (Å²) in [5, 5.41) is 20.7. The van der Waals surface area contributed by atoms with Crippen LogP contribution in [-0.4, -0.2) is 23.9 Å². The first kappa shape index (κ1) is 12.4. The van der Waals surface area contributed by atoms with Crippen LogP contribution in [0.3, 0.4) is 0 Å². The molecule has 0 aromatic heterocycles. The Morgan fingerprint density at radius 2 is 1.78 bits per heavy atom. The van der Waals surface area contributed by atoms with Gasteiger partial charge in [-0.3, -0.25) is 0 Å². The van der Waals surface area contributed by atoms with Gasteiger partial charge in [-0.25, -0.2) is 0 Å². The molecule has 1 aliphatic heterocycles. The maximum absolute atomic E-state index is 11.1. The van der Waals surface area contributed by atoms with Crippen LogP contribution in [0.1, 0.15) is 51.4 Å². The van der Waals surface area contributed by atoms with Crippen molar-refractivity contribution >= 4 is 0 Å². The molecule has 0 bridgehead atoms. The van der Waals surface area contributed by atoms with Gasteiger partial charge in [-0.1, -0.05) is 6.42 Å². The van der Waals surface area contributed by atoms with Crippen molar-refractivity contribution in [1.29, 1.82) is 5.26 Å². The van der Waals surface area contributed by atoms with Crippen LogP contribution < -0.4 is 0 Å². The minimum absolute atomic E-state index is 0.543. The van der Waals surface area contributed by atoms with E-state index in [9.17, 15) is 10.4 Å². The maximum atomic E-state index is 11.1.